The van der Waals surface area contributed by atoms with Gasteiger partial charge in [-0.15, -0.1) is 11.3 Å². The van der Waals surface area contributed by atoms with Gasteiger partial charge in [0.05, 0.1) is 0 Å². The minimum Gasteiger partial charge on any atom is -0.371 e. The number of para-hydroxylation sites is 1. The molecule has 1 aromatic heterocycles. The Morgan fingerprint density at radius 3 is 2.52 bits per heavy atom. The van der Waals surface area contributed by atoms with E-state index < -0.39 is 0 Å². The zero-order valence-electron chi connectivity index (χ0n) is 17.1. The molecule has 0 bridgehead atoms. The van der Waals surface area contributed by atoms with Crippen LogP contribution in [0.3, 0.4) is 0 Å². The molecule has 2 atom stereocenters. The van der Waals surface area contributed by atoms with Crippen LogP contribution in [0.25, 0.3) is 0 Å². The van der Waals surface area contributed by atoms with Gasteiger partial charge in [0.2, 0.25) is 0 Å². The van der Waals surface area contributed by atoms with Gasteiger partial charge in [0.1, 0.15) is 0 Å². The van der Waals surface area contributed by atoms with Gasteiger partial charge in [-0.3, -0.25) is 4.90 Å². The van der Waals surface area contributed by atoms with Gasteiger partial charge in [-0.2, -0.15) is 0 Å². The molecule has 1 aromatic carbocycles. The summed E-state index contributed by atoms with van der Waals surface area (Å²) < 4.78 is 0. The first-order valence-corrected chi connectivity index (χ1v) is 11.7. The second-order valence-electron chi connectivity index (χ2n) is 8.35. The third kappa shape index (κ3) is 5.97. The molecule has 0 unspecified atom stereocenters. The van der Waals surface area contributed by atoms with Gasteiger partial charge in [0.15, 0.2) is 0 Å². The Labute approximate surface area is 178 Å². The van der Waals surface area contributed by atoms with Crippen LogP contribution in [-0.2, 0) is 6.54 Å². The van der Waals surface area contributed by atoms with Crippen LogP contribution in [0.4, 0.5) is 10.5 Å². The lowest BCUT2D eigenvalue weighted by atomic mass is 9.98. The van der Waals surface area contributed by atoms with Gasteiger partial charge in [0, 0.05) is 49.8 Å². The van der Waals surface area contributed by atoms with Gasteiger partial charge < -0.3 is 15.5 Å². The molecule has 156 valence electrons. The zero-order chi connectivity index (χ0) is 19.9. The van der Waals surface area contributed by atoms with Gasteiger partial charge >= 0.3 is 6.03 Å². The summed E-state index contributed by atoms with van der Waals surface area (Å²) in [5.41, 5.74) is 1.28. The molecule has 2 N–H and O–H groups in total. The Hall–Kier alpha value is -2.05. The Morgan fingerprint density at radius 1 is 0.966 bits per heavy atom. The van der Waals surface area contributed by atoms with Crippen LogP contribution in [0.5, 0.6) is 0 Å². The van der Waals surface area contributed by atoms with Gasteiger partial charge in [0.25, 0.3) is 0 Å². The standard InChI is InChI=1S/C23H32N4OS/c28-23(25-15-20-10-12-27(17-20)21-7-2-1-3-8-21)24-14-19-6-4-11-26(16-19)18-22-9-5-13-29-22/h1-3,5,7-9,13,19-20H,4,6,10-12,14-18H2,(H2,24,25,28)/t19-,20+/m0/s1. The van der Waals surface area contributed by atoms with Crippen molar-refractivity contribution in [3.05, 3.63) is 52.7 Å². The number of thiophene rings is 1. The normalized spacial score (nSPS) is 22.6. The highest BCUT2D eigenvalue weighted by Gasteiger charge is 2.24. The van der Waals surface area contributed by atoms with Crippen molar-refractivity contribution in [3.63, 3.8) is 0 Å². The van der Waals surface area contributed by atoms with E-state index in [1.54, 1.807) is 0 Å². The van der Waals surface area contributed by atoms with Crippen LogP contribution in [0.15, 0.2) is 47.8 Å². The molecule has 3 heterocycles. The number of anilines is 1. The molecule has 29 heavy (non-hydrogen) atoms. The van der Waals surface area contributed by atoms with E-state index in [-0.39, 0.29) is 6.03 Å². The van der Waals surface area contributed by atoms with Crippen LogP contribution in [0.2, 0.25) is 0 Å². The van der Waals surface area contributed by atoms with Crippen molar-refractivity contribution in [2.24, 2.45) is 11.8 Å². The number of hydrogen-bond donors (Lipinski definition) is 2. The maximum atomic E-state index is 12.3. The number of carbonyl (C=O) groups excluding carboxylic acids is 1. The van der Waals surface area contributed by atoms with E-state index in [9.17, 15) is 4.79 Å². The first-order chi connectivity index (χ1) is 14.3. The zero-order valence-corrected chi connectivity index (χ0v) is 17.9. The van der Waals surface area contributed by atoms with Crippen molar-refractivity contribution in [1.82, 2.24) is 15.5 Å². The summed E-state index contributed by atoms with van der Waals surface area (Å²) in [7, 11) is 0. The second-order valence-corrected chi connectivity index (χ2v) is 9.38. The maximum absolute atomic E-state index is 12.3. The summed E-state index contributed by atoms with van der Waals surface area (Å²) >= 11 is 1.83. The molecular formula is C23H32N4OS. The van der Waals surface area contributed by atoms with Crippen molar-refractivity contribution in [3.8, 4) is 0 Å². The van der Waals surface area contributed by atoms with Crippen LogP contribution in [0, 0.1) is 11.8 Å². The van der Waals surface area contributed by atoms with E-state index in [0.717, 1.165) is 45.7 Å². The van der Waals surface area contributed by atoms with Crippen molar-refractivity contribution in [2.75, 3.05) is 44.2 Å². The molecule has 0 aliphatic carbocycles. The molecule has 0 radical (unpaired) electrons. The van der Waals surface area contributed by atoms with Crippen LogP contribution >= 0.6 is 11.3 Å². The van der Waals surface area contributed by atoms with E-state index in [0.29, 0.717) is 11.8 Å². The molecule has 2 fully saturated rings. The molecule has 2 aromatic rings. The van der Waals surface area contributed by atoms with E-state index in [1.807, 2.05) is 11.3 Å². The summed E-state index contributed by atoms with van der Waals surface area (Å²) in [5.74, 6) is 1.08. The minimum absolute atomic E-state index is 0.0152. The molecular weight excluding hydrogens is 380 g/mol. The fraction of sp³-hybridized carbons (Fsp3) is 0.522. The molecule has 4 rings (SSSR count). The number of nitrogens with one attached hydrogen (secondary N) is 2. The van der Waals surface area contributed by atoms with Gasteiger partial charge in [-0.1, -0.05) is 24.3 Å². The highest BCUT2D eigenvalue weighted by molar-refractivity contribution is 7.09. The average Bonchev–Trinajstić information content (AvgIpc) is 3.44. The Balaban J connectivity index is 1.13. The van der Waals surface area contributed by atoms with E-state index in [2.05, 4.69) is 68.3 Å². The predicted molar refractivity (Wildman–Crippen MR) is 120 cm³/mol. The fourth-order valence-electron chi connectivity index (χ4n) is 4.49. The number of benzene rings is 1. The number of rotatable bonds is 7. The number of piperidine rings is 1. The maximum Gasteiger partial charge on any atom is 0.314 e. The molecule has 5 nitrogen and oxygen atoms in total. The second kappa shape index (κ2) is 10.1. The first-order valence-electron chi connectivity index (χ1n) is 10.8. The SMILES string of the molecule is O=C(NC[C@H]1CCN(c2ccccc2)C1)NC[C@@H]1CCCN(Cc2cccs2)C1. The molecule has 2 saturated heterocycles. The number of amides is 2. The molecule has 2 amide bonds. The number of nitrogens with zero attached hydrogens (tertiary/aromatic N) is 2. The average molecular weight is 413 g/mol. The summed E-state index contributed by atoms with van der Waals surface area (Å²) in [6.07, 6.45) is 3.56. The van der Waals surface area contributed by atoms with E-state index in [1.165, 1.54) is 30.0 Å². The predicted octanol–water partition coefficient (Wildman–Crippen LogP) is 3.79. The lowest BCUT2D eigenvalue weighted by Gasteiger charge is -2.32. The Morgan fingerprint density at radius 2 is 1.76 bits per heavy atom. The lowest BCUT2D eigenvalue weighted by Crippen LogP contribution is -2.44. The van der Waals surface area contributed by atoms with Crippen LogP contribution in [-0.4, -0.2) is 50.2 Å². The first kappa shape index (κ1) is 20.2. The quantitative estimate of drug-likeness (QED) is 0.727. The molecule has 0 spiro atoms. The van der Waals surface area contributed by atoms with Gasteiger partial charge in [-0.25, -0.2) is 4.79 Å². The van der Waals surface area contributed by atoms with Crippen molar-refractivity contribution in [2.45, 2.75) is 25.8 Å². The molecule has 2 aliphatic rings. The fourth-order valence-corrected chi connectivity index (χ4v) is 5.24. The van der Waals surface area contributed by atoms with Crippen LogP contribution < -0.4 is 15.5 Å². The van der Waals surface area contributed by atoms with Crippen molar-refractivity contribution >= 4 is 23.1 Å². The molecule has 6 heteroatoms. The summed E-state index contributed by atoms with van der Waals surface area (Å²) in [6, 6.07) is 14.9. The number of hydrogen-bond acceptors (Lipinski definition) is 4. The number of carbonyl (C=O) groups is 1. The molecule has 0 saturated carbocycles. The smallest absolute Gasteiger partial charge is 0.314 e. The number of urea groups is 1. The van der Waals surface area contributed by atoms with Crippen molar-refractivity contribution in [1.29, 1.82) is 0 Å². The monoisotopic (exact) mass is 412 g/mol. The summed E-state index contributed by atoms with van der Waals surface area (Å²) in [4.78, 5) is 18.6. The Bertz CT molecular complexity index is 752. The third-order valence-electron chi connectivity index (χ3n) is 6.07. The highest BCUT2D eigenvalue weighted by atomic mass is 32.1. The largest absolute Gasteiger partial charge is 0.371 e. The highest BCUT2D eigenvalue weighted by Crippen LogP contribution is 2.23. The third-order valence-corrected chi connectivity index (χ3v) is 6.93. The van der Waals surface area contributed by atoms with E-state index in [4.69, 9.17) is 0 Å². The number of likely N-dealkylation sites (tertiary alicyclic amines) is 1. The summed E-state index contributed by atoms with van der Waals surface area (Å²) in [6.45, 7) is 6.90. The summed E-state index contributed by atoms with van der Waals surface area (Å²) in [5, 5.41) is 8.35. The Kier molecular flexibility index (Phi) is 7.06. The van der Waals surface area contributed by atoms with E-state index >= 15 is 0 Å². The van der Waals surface area contributed by atoms with Crippen molar-refractivity contribution < 1.29 is 4.79 Å². The lowest BCUT2D eigenvalue weighted by molar-refractivity contribution is 0.166. The molecule has 2 aliphatic heterocycles. The topological polar surface area (TPSA) is 47.6 Å². The van der Waals surface area contributed by atoms with Crippen LogP contribution in [0.1, 0.15) is 24.1 Å². The minimum atomic E-state index is -0.0152. The van der Waals surface area contributed by atoms with Gasteiger partial charge in [-0.05, 0) is 61.2 Å².